The smallest absolute Gasteiger partial charge is 0.298 e. The van der Waals surface area contributed by atoms with E-state index in [1.165, 1.54) is 0 Å². The second-order valence-corrected chi connectivity index (χ2v) is 4.97. The number of nitrogens with two attached hydrogens (primary N) is 1. The molecule has 3 N–H and O–H groups in total. The summed E-state index contributed by atoms with van der Waals surface area (Å²) >= 11 is 0. The summed E-state index contributed by atoms with van der Waals surface area (Å²) in [6.07, 6.45) is 0.612. The molecule has 1 aliphatic heterocycles. The van der Waals surface area contributed by atoms with E-state index < -0.39 is 0 Å². The second-order valence-electron chi connectivity index (χ2n) is 4.97. The van der Waals surface area contributed by atoms with Gasteiger partial charge < -0.3 is 20.2 Å². The number of fused-ring (bicyclic) bond motifs is 1. The summed E-state index contributed by atoms with van der Waals surface area (Å²) < 4.78 is 5.70. The lowest BCUT2D eigenvalue weighted by atomic mass is 9.96. The van der Waals surface area contributed by atoms with Crippen LogP contribution in [0, 0.1) is 5.92 Å². The molecule has 0 radical (unpaired) electrons. The predicted molar refractivity (Wildman–Crippen MR) is 70.4 cm³/mol. The Balaban J connectivity index is 1.93. The van der Waals surface area contributed by atoms with Gasteiger partial charge in [0.15, 0.2) is 5.58 Å². The third-order valence-electron chi connectivity index (χ3n) is 3.63. The minimum atomic E-state index is -0.328. The molecule has 1 aromatic carbocycles. The van der Waals surface area contributed by atoms with Crippen LogP contribution in [0.3, 0.4) is 0 Å². The van der Waals surface area contributed by atoms with E-state index in [2.05, 4.69) is 11.9 Å². The van der Waals surface area contributed by atoms with Crippen LogP contribution in [0.25, 0.3) is 11.1 Å². The van der Waals surface area contributed by atoms with Crippen molar-refractivity contribution in [2.24, 2.45) is 5.92 Å². The molecule has 2 aromatic rings. The number of aromatic nitrogens is 1. The van der Waals surface area contributed by atoms with E-state index in [9.17, 15) is 5.11 Å². The van der Waals surface area contributed by atoms with Gasteiger partial charge in [-0.05, 0) is 24.5 Å². The Kier molecular flexibility index (Phi) is 2.63. The summed E-state index contributed by atoms with van der Waals surface area (Å²) in [5.41, 5.74) is 7.86. The van der Waals surface area contributed by atoms with Crippen LogP contribution >= 0.6 is 0 Å². The zero-order valence-corrected chi connectivity index (χ0v) is 10.3. The van der Waals surface area contributed by atoms with Crippen molar-refractivity contribution in [1.82, 2.24) is 4.98 Å². The fraction of sp³-hybridized carbons (Fsp3) is 0.462. The van der Waals surface area contributed by atoms with Gasteiger partial charge >= 0.3 is 0 Å². The van der Waals surface area contributed by atoms with Crippen molar-refractivity contribution in [1.29, 1.82) is 0 Å². The van der Waals surface area contributed by atoms with Crippen LogP contribution < -0.4 is 10.6 Å². The first-order chi connectivity index (χ1) is 8.65. The first kappa shape index (κ1) is 11.3. The van der Waals surface area contributed by atoms with Crippen molar-refractivity contribution >= 4 is 22.8 Å². The van der Waals surface area contributed by atoms with E-state index in [1.54, 1.807) is 0 Å². The van der Waals surface area contributed by atoms with Crippen LogP contribution in [0.5, 0.6) is 0 Å². The van der Waals surface area contributed by atoms with Gasteiger partial charge in [0.25, 0.3) is 6.01 Å². The topological polar surface area (TPSA) is 75.5 Å². The molecule has 1 aromatic heterocycles. The number of nitrogens with zero attached hydrogens (tertiary/aromatic N) is 2. The molecule has 5 nitrogen and oxygen atoms in total. The van der Waals surface area contributed by atoms with Crippen LogP contribution in [0.4, 0.5) is 11.7 Å². The number of anilines is 2. The van der Waals surface area contributed by atoms with E-state index in [1.807, 2.05) is 23.1 Å². The van der Waals surface area contributed by atoms with E-state index >= 15 is 0 Å². The Bertz CT molecular complexity index is 566. The zero-order chi connectivity index (χ0) is 12.7. The molecule has 0 saturated carbocycles. The number of para-hydroxylation sites is 1. The molecule has 1 saturated heterocycles. The lowest BCUT2D eigenvalue weighted by Gasteiger charge is -2.33. The summed E-state index contributed by atoms with van der Waals surface area (Å²) in [6.45, 7) is 3.48. The highest BCUT2D eigenvalue weighted by Crippen LogP contribution is 2.28. The first-order valence-electron chi connectivity index (χ1n) is 6.23. The average molecular weight is 247 g/mol. The normalized spacial score (nSPS) is 24.7. The molecule has 0 bridgehead atoms. The fourth-order valence-corrected chi connectivity index (χ4v) is 2.32. The van der Waals surface area contributed by atoms with Crippen LogP contribution in [0.15, 0.2) is 22.6 Å². The molecule has 5 heteroatoms. The first-order valence-corrected chi connectivity index (χ1v) is 6.23. The molecule has 18 heavy (non-hydrogen) atoms. The third kappa shape index (κ3) is 1.80. The Hall–Kier alpha value is -1.75. The SMILES string of the molecule is CC1CCN(c2nc3c(N)cccc3o2)CC1O. The molecule has 0 amide bonds. The van der Waals surface area contributed by atoms with Gasteiger partial charge in [-0.3, -0.25) is 0 Å². The van der Waals surface area contributed by atoms with Gasteiger partial charge in [0.2, 0.25) is 0 Å². The van der Waals surface area contributed by atoms with Crippen molar-refractivity contribution in [3.05, 3.63) is 18.2 Å². The zero-order valence-electron chi connectivity index (χ0n) is 10.3. The highest BCUT2D eigenvalue weighted by atomic mass is 16.4. The van der Waals surface area contributed by atoms with Crippen molar-refractivity contribution in [3.63, 3.8) is 0 Å². The average Bonchev–Trinajstić information content (AvgIpc) is 2.78. The summed E-state index contributed by atoms with van der Waals surface area (Å²) in [5, 5.41) is 9.90. The van der Waals surface area contributed by atoms with Crippen molar-refractivity contribution in [2.45, 2.75) is 19.4 Å². The third-order valence-corrected chi connectivity index (χ3v) is 3.63. The van der Waals surface area contributed by atoms with Gasteiger partial charge in [0.1, 0.15) is 5.52 Å². The van der Waals surface area contributed by atoms with Crippen molar-refractivity contribution < 1.29 is 9.52 Å². The molecule has 1 fully saturated rings. The second kappa shape index (κ2) is 4.17. The van der Waals surface area contributed by atoms with Crippen LogP contribution in [0.2, 0.25) is 0 Å². The van der Waals surface area contributed by atoms with E-state index in [0.29, 0.717) is 35.3 Å². The number of β-amino-alcohol motifs (C(OH)–C–C–N with tert-alkyl or cyclic N) is 1. The van der Waals surface area contributed by atoms with Crippen LogP contribution in [-0.4, -0.2) is 29.3 Å². The lowest BCUT2D eigenvalue weighted by molar-refractivity contribution is 0.101. The largest absolute Gasteiger partial charge is 0.423 e. The van der Waals surface area contributed by atoms with E-state index in [4.69, 9.17) is 10.2 Å². The highest BCUT2D eigenvalue weighted by molar-refractivity contribution is 5.86. The molecular formula is C13H17N3O2. The summed E-state index contributed by atoms with van der Waals surface area (Å²) in [6, 6.07) is 6.06. The Morgan fingerprint density at radius 3 is 3.06 bits per heavy atom. The molecular weight excluding hydrogens is 230 g/mol. The Labute approximate surface area is 105 Å². The molecule has 2 unspecified atom stereocenters. The number of hydrogen-bond acceptors (Lipinski definition) is 5. The maximum absolute atomic E-state index is 9.90. The highest BCUT2D eigenvalue weighted by Gasteiger charge is 2.27. The van der Waals surface area contributed by atoms with Gasteiger partial charge in [-0.2, -0.15) is 4.98 Å². The number of aliphatic hydroxyl groups excluding tert-OH is 1. The molecule has 0 aliphatic carbocycles. The fourth-order valence-electron chi connectivity index (χ4n) is 2.32. The minimum Gasteiger partial charge on any atom is -0.423 e. The molecule has 2 atom stereocenters. The molecule has 1 aliphatic rings. The number of oxazole rings is 1. The predicted octanol–water partition coefficient (Wildman–Crippen LogP) is 1.62. The Morgan fingerprint density at radius 1 is 1.50 bits per heavy atom. The number of piperidine rings is 1. The molecule has 0 spiro atoms. The monoisotopic (exact) mass is 247 g/mol. The van der Waals surface area contributed by atoms with Crippen molar-refractivity contribution in [2.75, 3.05) is 23.7 Å². The van der Waals surface area contributed by atoms with E-state index in [-0.39, 0.29) is 6.10 Å². The molecule has 96 valence electrons. The quantitative estimate of drug-likeness (QED) is 0.749. The van der Waals surface area contributed by atoms with Gasteiger partial charge in [-0.25, -0.2) is 0 Å². The molecule has 3 rings (SSSR count). The summed E-state index contributed by atoms with van der Waals surface area (Å²) in [5.74, 6) is 0.329. The number of hydrogen-bond donors (Lipinski definition) is 2. The lowest BCUT2D eigenvalue weighted by Crippen LogP contribution is -2.43. The van der Waals surface area contributed by atoms with Gasteiger partial charge in [0, 0.05) is 13.1 Å². The maximum atomic E-state index is 9.90. The number of benzene rings is 1. The minimum absolute atomic E-state index is 0.328. The Morgan fingerprint density at radius 2 is 2.33 bits per heavy atom. The standard InChI is InChI=1S/C13H17N3O2/c1-8-5-6-16(7-10(8)17)13-15-12-9(14)3-2-4-11(12)18-13/h2-4,8,10,17H,5-7,14H2,1H3. The van der Waals surface area contributed by atoms with E-state index in [0.717, 1.165) is 13.0 Å². The van der Waals surface area contributed by atoms with Gasteiger partial charge in [-0.1, -0.05) is 13.0 Å². The number of rotatable bonds is 1. The molecule has 2 heterocycles. The van der Waals surface area contributed by atoms with Crippen molar-refractivity contribution in [3.8, 4) is 0 Å². The number of nitrogen functional groups attached to an aromatic ring is 1. The maximum Gasteiger partial charge on any atom is 0.298 e. The number of aliphatic hydroxyl groups is 1. The van der Waals surface area contributed by atoms with Crippen LogP contribution in [-0.2, 0) is 0 Å². The summed E-state index contributed by atoms with van der Waals surface area (Å²) in [7, 11) is 0. The van der Waals surface area contributed by atoms with Gasteiger partial charge in [0.05, 0.1) is 11.8 Å². The van der Waals surface area contributed by atoms with Crippen LogP contribution in [0.1, 0.15) is 13.3 Å². The van der Waals surface area contributed by atoms with Gasteiger partial charge in [-0.15, -0.1) is 0 Å². The summed E-state index contributed by atoms with van der Waals surface area (Å²) in [4.78, 5) is 6.39.